The lowest BCUT2D eigenvalue weighted by Gasteiger charge is -2.19. The van der Waals surface area contributed by atoms with Gasteiger partial charge in [-0.3, -0.25) is 4.98 Å². The van der Waals surface area contributed by atoms with Gasteiger partial charge in [0.2, 0.25) is 0 Å². The molecule has 1 aromatic heterocycles. The predicted molar refractivity (Wildman–Crippen MR) is 78.6 cm³/mol. The number of halogens is 2. The van der Waals surface area contributed by atoms with Gasteiger partial charge < -0.3 is 5.32 Å². The number of nitrogens with zero attached hydrogens (tertiary/aromatic N) is 1. The van der Waals surface area contributed by atoms with Crippen molar-refractivity contribution in [1.29, 1.82) is 0 Å². The van der Waals surface area contributed by atoms with E-state index in [0.717, 1.165) is 17.9 Å². The average Bonchev–Trinajstić information content (AvgIpc) is 2.40. The predicted octanol–water partition coefficient (Wildman–Crippen LogP) is 3.99. The molecule has 0 saturated heterocycles. The Morgan fingerprint density at radius 3 is 2.68 bits per heavy atom. The van der Waals surface area contributed by atoms with Gasteiger partial charge in [0.25, 0.3) is 0 Å². The smallest absolute Gasteiger partial charge is 0.142 e. The zero-order valence-electron chi connectivity index (χ0n) is 11.0. The van der Waals surface area contributed by atoms with Gasteiger partial charge >= 0.3 is 0 Å². The summed E-state index contributed by atoms with van der Waals surface area (Å²) in [4.78, 5) is 4.49. The molecule has 100 valence electrons. The Labute approximate surface area is 121 Å². The molecule has 0 fully saturated rings. The van der Waals surface area contributed by atoms with Crippen LogP contribution in [0.5, 0.6) is 0 Å². The van der Waals surface area contributed by atoms with Gasteiger partial charge in [-0.2, -0.15) is 0 Å². The van der Waals surface area contributed by atoms with Crippen LogP contribution in [-0.2, 0) is 0 Å². The summed E-state index contributed by atoms with van der Waals surface area (Å²) >= 11 is 3.23. The van der Waals surface area contributed by atoms with E-state index in [0.29, 0.717) is 10.0 Å². The first-order chi connectivity index (χ1) is 9.13. The highest BCUT2D eigenvalue weighted by Crippen LogP contribution is 2.27. The molecule has 0 aliphatic heterocycles. The van der Waals surface area contributed by atoms with E-state index in [1.165, 1.54) is 0 Å². The first-order valence-electron chi connectivity index (χ1n) is 6.24. The van der Waals surface area contributed by atoms with E-state index in [-0.39, 0.29) is 11.9 Å². The molecule has 0 amide bonds. The molecule has 1 unspecified atom stereocenters. The zero-order chi connectivity index (χ0) is 13.8. The molecule has 0 spiro atoms. The fourth-order valence-electron chi connectivity index (χ4n) is 2.05. The molecule has 2 nitrogen and oxygen atoms in total. The minimum absolute atomic E-state index is 0.234. The Bertz CT molecular complexity index is 572. The quantitative estimate of drug-likeness (QED) is 0.920. The minimum Gasteiger partial charge on any atom is -0.305 e. The topological polar surface area (TPSA) is 24.9 Å². The number of pyridine rings is 1. The fourth-order valence-corrected chi connectivity index (χ4v) is 2.43. The monoisotopic (exact) mass is 322 g/mol. The first-order valence-corrected chi connectivity index (χ1v) is 7.03. The van der Waals surface area contributed by atoms with Crippen LogP contribution in [-0.4, -0.2) is 11.5 Å². The van der Waals surface area contributed by atoms with E-state index in [4.69, 9.17) is 0 Å². The third-order valence-electron chi connectivity index (χ3n) is 2.91. The van der Waals surface area contributed by atoms with Crippen molar-refractivity contribution in [3.63, 3.8) is 0 Å². The van der Waals surface area contributed by atoms with Crippen molar-refractivity contribution >= 4 is 15.9 Å². The Morgan fingerprint density at radius 2 is 2.00 bits per heavy atom. The standard InChI is InChI=1S/C15H16BrFN2/c1-3-18-15(13-9-4-6-10(2)19-13)11-7-5-8-12(16)14(11)17/h4-9,15,18H,3H2,1-2H3. The van der Waals surface area contributed by atoms with Crippen LogP contribution in [0.1, 0.15) is 29.9 Å². The maximum absolute atomic E-state index is 14.2. The number of rotatable bonds is 4. The summed E-state index contributed by atoms with van der Waals surface area (Å²) in [6.07, 6.45) is 0. The number of nitrogens with one attached hydrogen (secondary N) is 1. The van der Waals surface area contributed by atoms with Crippen LogP contribution in [0.15, 0.2) is 40.9 Å². The lowest BCUT2D eigenvalue weighted by atomic mass is 10.0. The molecule has 19 heavy (non-hydrogen) atoms. The van der Waals surface area contributed by atoms with Gasteiger partial charge in [-0.05, 0) is 47.6 Å². The molecule has 1 atom stereocenters. The highest BCUT2D eigenvalue weighted by Gasteiger charge is 2.19. The lowest BCUT2D eigenvalue weighted by Crippen LogP contribution is -2.24. The maximum atomic E-state index is 14.2. The second kappa shape index (κ2) is 6.26. The summed E-state index contributed by atoms with van der Waals surface area (Å²) in [6, 6.07) is 10.9. The van der Waals surface area contributed by atoms with E-state index in [9.17, 15) is 4.39 Å². The van der Waals surface area contributed by atoms with Gasteiger partial charge in [-0.1, -0.05) is 25.1 Å². The average molecular weight is 323 g/mol. The largest absolute Gasteiger partial charge is 0.305 e. The Balaban J connectivity index is 2.48. The number of hydrogen-bond donors (Lipinski definition) is 1. The molecule has 0 aliphatic rings. The molecule has 0 aliphatic carbocycles. The molecule has 1 N–H and O–H groups in total. The highest BCUT2D eigenvalue weighted by atomic mass is 79.9. The van der Waals surface area contributed by atoms with Crippen molar-refractivity contribution < 1.29 is 4.39 Å². The molecule has 0 radical (unpaired) electrons. The van der Waals surface area contributed by atoms with Crippen molar-refractivity contribution in [2.45, 2.75) is 19.9 Å². The van der Waals surface area contributed by atoms with E-state index < -0.39 is 0 Å². The second-order valence-corrected chi connectivity index (χ2v) is 5.19. The van der Waals surface area contributed by atoms with Gasteiger partial charge in [-0.15, -0.1) is 0 Å². The maximum Gasteiger partial charge on any atom is 0.142 e. The van der Waals surface area contributed by atoms with Crippen LogP contribution in [0.3, 0.4) is 0 Å². The number of aryl methyl sites for hydroxylation is 1. The Hall–Kier alpha value is -1.26. The van der Waals surface area contributed by atoms with Crippen molar-refractivity contribution in [3.05, 3.63) is 63.6 Å². The Kier molecular flexibility index (Phi) is 4.66. The minimum atomic E-state index is -0.239. The van der Waals surface area contributed by atoms with Gasteiger partial charge in [0.05, 0.1) is 16.2 Å². The molecule has 1 aromatic carbocycles. The summed E-state index contributed by atoms with van der Waals surface area (Å²) in [6.45, 7) is 4.68. The van der Waals surface area contributed by atoms with Crippen LogP contribution in [0.4, 0.5) is 4.39 Å². The van der Waals surface area contributed by atoms with E-state index in [1.807, 2.05) is 38.1 Å². The molecular weight excluding hydrogens is 307 g/mol. The summed E-state index contributed by atoms with van der Waals surface area (Å²) in [5.41, 5.74) is 2.36. The molecule has 0 saturated carbocycles. The molecule has 0 bridgehead atoms. The molecule has 4 heteroatoms. The molecule has 1 heterocycles. The van der Waals surface area contributed by atoms with Crippen molar-refractivity contribution in [2.24, 2.45) is 0 Å². The van der Waals surface area contributed by atoms with E-state index in [1.54, 1.807) is 12.1 Å². The Morgan fingerprint density at radius 1 is 1.26 bits per heavy atom. The summed E-state index contributed by atoms with van der Waals surface area (Å²) in [5, 5.41) is 3.29. The molecule has 2 rings (SSSR count). The molecular formula is C15H16BrFN2. The van der Waals surface area contributed by atoms with Crippen molar-refractivity contribution in [1.82, 2.24) is 10.3 Å². The van der Waals surface area contributed by atoms with Crippen molar-refractivity contribution in [3.8, 4) is 0 Å². The summed E-state index contributed by atoms with van der Waals surface area (Å²) in [5.74, 6) is -0.239. The van der Waals surface area contributed by atoms with E-state index in [2.05, 4.69) is 26.2 Å². The van der Waals surface area contributed by atoms with Gasteiger partial charge in [0.1, 0.15) is 5.82 Å². The fraction of sp³-hybridized carbons (Fsp3) is 0.267. The van der Waals surface area contributed by atoms with Crippen LogP contribution in [0.2, 0.25) is 0 Å². The van der Waals surface area contributed by atoms with Crippen molar-refractivity contribution in [2.75, 3.05) is 6.54 Å². The summed E-state index contributed by atoms with van der Waals surface area (Å²) < 4.78 is 14.7. The lowest BCUT2D eigenvalue weighted by molar-refractivity contribution is 0.547. The first kappa shape index (κ1) is 14.2. The van der Waals surface area contributed by atoms with Crippen LogP contribution in [0, 0.1) is 12.7 Å². The normalized spacial score (nSPS) is 12.4. The molecule has 2 aromatic rings. The van der Waals surface area contributed by atoms with Gasteiger partial charge in [0, 0.05) is 11.3 Å². The third kappa shape index (κ3) is 3.19. The zero-order valence-corrected chi connectivity index (χ0v) is 12.5. The van der Waals surface area contributed by atoms with Gasteiger partial charge in [0.15, 0.2) is 0 Å². The number of benzene rings is 1. The van der Waals surface area contributed by atoms with Crippen LogP contribution >= 0.6 is 15.9 Å². The van der Waals surface area contributed by atoms with E-state index >= 15 is 0 Å². The van der Waals surface area contributed by atoms with Crippen LogP contribution < -0.4 is 5.32 Å². The van der Waals surface area contributed by atoms with Crippen LogP contribution in [0.25, 0.3) is 0 Å². The SMILES string of the molecule is CCNC(c1cccc(C)n1)c1cccc(Br)c1F. The number of aromatic nitrogens is 1. The third-order valence-corrected chi connectivity index (χ3v) is 3.52. The second-order valence-electron chi connectivity index (χ2n) is 4.34. The highest BCUT2D eigenvalue weighted by molar-refractivity contribution is 9.10. The number of hydrogen-bond acceptors (Lipinski definition) is 2. The summed E-state index contributed by atoms with van der Waals surface area (Å²) in [7, 11) is 0. The van der Waals surface area contributed by atoms with Gasteiger partial charge in [-0.25, -0.2) is 4.39 Å².